The Kier molecular flexibility index (Phi) is 5.04. The predicted molar refractivity (Wildman–Crippen MR) is 75.9 cm³/mol. The van der Waals surface area contributed by atoms with Crippen molar-refractivity contribution < 1.29 is 5.11 Å². The van der Waals surface area contributed by atoms with Crippen LogP contribution in [0.5, 0.6) is 0 Å². The smallest absolute Gasteiger partial charge is 0.0802 e. The molecule has 0 spiro atoms. The van der Waals surface area contributed by atoms with Crippen molar-refractivity contribution in [3.8, 4) is 0 Å². The van der Waals surface area contributed by atoms with Gasteiger partial charge in [-0.15, -0.1) is 0 Å². The quantitative estimate of drug-likeness (QED) is 0.853. The molecule has 0 heterocycles. The second kappa shape index (κ2) is 6.55. The van der Waals surface area contributed by atoms with Crippen molar-refractivity contribution in [2.45, 2.75) is 31.8 Å². The number of nitrogens with zero attached hydrogens (tertiary/aromatic N) is 1. The third-order valence-electron chi connectivity index (χ3n) is 3.81. The van der Waals surface area contributed by atoms with Crippen molar-refractivity contribution in [3.63, 3.8) is 0 Å². The van der Waals surface area contributed by atoms with Gasteiger partial charge in [-0.1, -0.05) is 30.2 Å². The molecule has 0 aromatic heterocycles. The molecule has 0 bridgehead atoms. The van der Waals surface area contributed by atoms with Gasteiger partial charge in [0.15, 0.2) is 0 Å². The Bertz CT molecular complexity index is 379. The number of aliphatic hydroxyl groups excluding tert-OH is 1. The van der Waals surface area contributed by atoms with Crippen LogP contribution in [0.3, 0.4) is 0 Å². The molecular formula is C15H22ClNO. The lowest BCUT2D eigenvalue weighted by molar-refractivity contribution is 0.135. The second-order valence-electron chi connectivity index (χ2n) is 5.42. The van der Waals surface area contributed by atoms with Gasteiger partial charge in [0.1, 0.15) is 0 Å². The minimum atomic E-state index is -0.410. The topological polar surface area (TPSA) is 23.5 Å². The maximum Gasteiger partial charge on any atom is 0.0802 e. The highest BCUT2D eigenvalue weighted by Crippen LogP contribution is 2.27. The second-order valence-corrected chi connectivity index (χ2v) is 5.86. The predicted octanol–water partition coefficient (Wildman–Crippen LogP) is 3.50. The summed E-state index contributed by atoms with van der Waals surface area (Å²) in [6, 6.07) is 7.50. The molecule has 0 saturated heterocycles. The first-order valence-electron chi connectivity index (χ1n) is 6.77. The van der Waals surface area contributed by atoms with Crippen LogP contribution in [0.25, 0.3) is 0 Å². The van der Waals surface area contributed by atoms with Gasteiger partial charge < -0.3 is 10.0 Å². The molecule has 1 N–H and O–H groups in total. The zero-order chi connectivity index (χ0) is 13.0. The highest BCUT2D eigenvalue weighted by molar-refractivity contribution is 6.30. The molecule has 2 nitrogen and oxygen atoms in total. The fourth-order valence-corrected chi connectivity index (χ4v) is 2.63. The van der Waals surface area contributed by atoms with E-state index in [0.717, 1.165) is 24.4 Å². The molecule has 0 amide bonds. The van der Waals surface area contributed by atoms with E-state index < -0.39 is 6.10 Å². The molecule has 18 heavy (non-hydrogen) atoms. The Hall–Kier alpha value is -0.570. The van der Waals surface area contributed by atoms with Gasteiger partial charge in [-0.05, 0) is 49.9 Å². The standard InChI is InChI=1S/C15H22ClNO/c1-17(11-12-4-2-5-12)9-8-15(18)13-6-3-7-14(16)10-13/h3,6-7,10,12,15,18H,2,4-5,8-9,11H2,1H3. The van der Waals surface area contributed by atoms with E-state index in [4.69, 9.17) is 11.6 Å². The molecule has 1 aliphatic rings. The Balaban J connectivity index is 1.75. The van der Waals surface area contributed by atoms with E-state index in [1.54, 1.807) is 0 Å². The highest BCUT2D eigenvalue weighted by Gasteiger charge is 2.19. The molecule has 1 aromatic carbocycles. The summed E-state index contributed by atoms with van der Waals surface area (Å²) in [6.07, 6.45) is 4.50. The Morgan fingerprint density at radius 3 is 2.83 bits per heavy atom. The first-order valence-corrected chi connectivity index (χ1v) is 7.15. The molecule has 1 aliphatic carbocycles. The largest absolute Gasteiger partial charge is 0.388 e. The first-order chi connectivity index (χ1) is 8.65. The lowest BCUT2D eigenvalue weighted by atomic mass is 9.85. The lowest BCUT2D eigenvalue weighted by Gasteiger charge is -2.30. The van der Waals surface area contributed by atoms with Crippen molar-refractivity contribution >= 4 is 11.6 Å². The number of hydrogen-bond acceptors (Lipinski definition) is 2. The molecule has 0 radical (unpaired) electrons. The summed E-state index contributed by atoms with van der Waals surface area (Å²) in [7, 11) is 2.14. The Labute approximate surface area is 115 Å². The zero-order valence-electron chi connectivity index (χ0n) is 11.0. The van der Waals surface area contributed by atoms with Crippen LogP contribution in [0, 0.1) is 5.92 Å². The maximum atomic E-state index is 10.1. The molecule has 0 aliphatic heterocycles. The molecular weight excluding hydrogens is 246 g/mol. The maximum absolute atomic E-state index is 10.1. The van der Waals surface area contributed by atoms with Crippen molar-refractivity contribution in [1.82, 2.24) is 4.90 Å². The normalized spacial score (nSPS) is 17.8. The van der Waals surface area contributed by atoms with Crippen LogP contribution in [0.4, 0.5) is 0 Å². The summed E-state index contributed by atoms with van der Waals surface area (Å²) in [5.74, 6) is 0.887. The van der Waals surface area contributed by atoms with Crippen molar-refractivity contribution in [3.05, 3.63) is 34.9 Å². The first kappa shape index (κ1) is 13.9. The van der Waals surface area contributed by atoms with Crippen LogP contribution in [0.15, 0.2) is 24.3 Å². The molecule has 2 rings (SSSR count). The van der Waals surface area contributed by atoms with E-state index in [1.807, 2.05) is 24.3 Å². The average Bonchev–Trinajstić information content (AvgIpc) is 2.31. The van der Waals surface area contributed by atoms with Gasteiger partial charge >= 0.3 is 0 Å². The molecule has 3 heteroatoms. The number of hydrogen-bond donors (Lipinski definition) is 1. The monoisotopic (exact) mass is 267 g/mol. The number of rotatable bonds is 6. The lowest BCUT2D eigenvalue weighted by Crippen LogP contribution is -2.30. The van der Waals surface area contributed by atoms with Crippen molar-refractivity contribution in [2.24, 2.45) is 5.92 Å². The summed E-state index contributed by atoms with van der Waals surface area (Å²) in [6.45, 7) is 2.10. The third kappa shape index (κ3) is 3.98. The van der Waals surface area contributed by atoms with Gasteiger partial charge in [-0.25, -0.2) is 0 Å². The fourth-order valence-electron chi connectivity index (χ4n) is 2.43. The van der Waals surface area contributed by atoms with Gasteiger partial charge in [-0.3, -0.25) is 0 Å². The van der Waals surface area contributed by atoms with E-state index in [0.29, 0.717) is 5.02 Å². The fraction of sp³-hybridized carbons (Fsp3) is 0.600. The summed E-state index contributed by atoms with van der Waals surface area (Å²) < 4.78 is 0. The van der Waals surface area contributed by atoms with Crippen LogP contribution in [0.1, 0.15) is 37.4 Å². The molecule has 100 valence electrons. The van der Waals surface area contributed by atoms with E-state index >= 15 is 0 Å². The van der Waals surface area contributed by atoms with E-state index in [1.165, 1.54) is 25.8 Å². The summed E-state index contributed by atoms with van der Waals surface area (Å²) in [4.78, 5) is 2.33. The summed E-state index contributed by atoms with van der Waals surface area (Å²) in [5, 5.41) is 10.8. The highest BCUT2D eigenvalue weighted by atomic mass is 35.5. The van der Waals surface area contributed by atoms with Gasteiger partial charge in [0.2, 0.25) is 0 Å². The molecule has 1 aromatic rings. The van der Waals surface area contributed by atoms with Gasteiger partial charge in [-0.2, -0.15) is 0 Å². The van der Waals surface area contributed by atoms with Crippen LogP contribution in [-0.2, 0) is 0 Å². The minimum Gasteiger partial charge on any atom is -0.388 e. The molecule has 1 saturated carbocycles. The number of aliphatic hydroxyl groups is 1. The van der Waals surface area contributed by atoms with Crippen LogP contribution in [0.2, 0.25) is 5.02 Å². The van der Waals surface area contributed by atoms with E-state index in [2.05, 4.69) is 11.9 Å². The van der Waals surface area contributed by atoms with Crippen molar-refractivity contribution in [1.29, 1.82) is 0 Å². The third-order valence-corrected chi connectivity index (χ3v) is 4.05. The van der Waals surface area contributed by atoms with Crippen LogP contribution < -0.4 is 0 Å². The van der Waals surface area contributed by atoms with Gasteiger partial charge in [0.05, 0.1) is 6.10 Å². The number of halogens is 1. The summed E-state index contributed by atoms with van der Waals surface area (Å²) in [5.41, 5.74) is 0.916. The Morgan fingerprint density at radius 1 is 1.44 bits per heavy atom. The van der Waals surface area contributed by atoms with E-state index in [9.17, 15) is 5.11 Å². The van der Waals surface area contributed by atoms with Gasteiger partial charge in [0.25, 0.3) is 0 Å². The van der Waals surface area contributed by atoms with Crippen LogP contribution in [-0.4, -0.2) is 30.1 Å². The average molecular weight is 268 g/mol. The molecule has 1 fully saturated rings. The molecule has 1 atom stereocenters. The number of benzene rings is 1. The minimum absolute atomic E-state index is 0.410. The Morgan fingerprint density at radius 2 is 2.22 bits per heavy atom. The SMILES string of the molecule is CN(CCC(O)c1cccc(Cl)c1)CC1CCC1. The summed E-state index contributed by atoms with van der Waals surface area (Å²) >= 11 is 5.93. The van der Waals surface area contributed by atoms with E-state index in [-0.39, 0.29) is 0 Å². The van der Waals surface area contributed by atoms with Crippen molar-refractivity contribution in [2.75, 3.05) is 20.1 Å². The molecule has 1 unspecified atom stereocenters. The van der Waals surface area contributed by atoms with Gasteiger partial charge in [0, 0.05) is 18.1 Å². The van der Waals surface area contributed by atoms with Crippen LogP contribution >= 0.6 is 11.6 Å². The zero-order valence-corrected chi connectivity index (χ0v) is 11.7.